The first-order chi connectivity index (χ1) is 18.2. The summed E-state index contributed by atoms with van der Waals surface area (Å²) in [5, 5.41) is 6.38. The lowest BCUT2D eigenvalue weighted by molar-refractivity contribution is 1.12. The van der Waals surface area contributed by atoms with Crippen LogP contribution in [0.15, 0.2) is 127 Å². The van der Waals surface area contributed by atoms with Gasteiger partial charge in [-0.25, -0.2) is 0 Å². The van der Waals surface area contributed by atoms with Crippen LogP contribution in [0.5, 0.6) is 0 Å². The molecule has 0 fully saturated rings. The fourth-order valence-electron chi connectivity index (χ4n) is 5.33. The van der Waals surface area contributed by atoms with Gasteiger partial charge in [0.05, 0.1) is 0 Å². The lowest BCUT2D eigenvalue weighted by Crippen LogP contribution is -2.04. The molecule has 0 saturated heterocycles. The average Bonchev–Trinajstić information content (AvgIpc) is 3.45. The SMILES string of the molecule is Cc1ccc(CNc2ccccc2Cc2ccc(C3=CC=C(c4ccccc4)C3)cc2)c2ccccc12. The van der Waals surface area contributed by atoms with Gasteiger partial charge in [0.2, 0.25) is 0 Å². The van der Waals surface area contributed by atoms with Crippen molar-refractivity contribution in [3.8, 4) is 0 Å². The zero-order valence-electron chi connectivity index (χ0n) is 21.2. The second kappa shape index (κ2) is 10.3. The van der Waals surface area contributed by atoms with Crippen LogP contribution in [0.2, 0.25) is 0 Å². The average molecular weight is 478 g/mol. The third-order valence-corrected chi connectivity index (χ3v) is 7.45. The van der Waals surface area contributed by atoms with Crippen molar-refractivity contribution in [3.05, 3.63) is 161 Å². The molecule has 180 valence electrons. The number of nitrogens with one attached hydrogen (secondary N) is 1. The van der Waals surface area contributed by atoms with E-state index < -0.39 is 0 Å². The normalized spacial score (nSPS) is 12.9. The fraction of sp³-hybridized carbons (Fsp3) is 0.111. The van der Waals surface area contributed by atoms with E-state index in [1.807, 2.05) is 0 Å². The van der Waals surface area contributed by atoms with E-state index in [4.69, 9.17) is 0 Å². The van der Waals surface area contributed by atoms with Crippen molar-refractivity contribution in [2.45, 2.75) is 26.3 Å². The molecule has 0 saturated carbocycles. The van der Waals surface area contributed by atoms with E-state index in [0.717, 1.165) is 19.4 Å². The number of aryl methyl sites for hydroxylation is 1. The summed E-state index contributed by atoms with van der Waals surface area (Å²) >= 11 is 0. The molecule has 1 nitrogen and oxygen atoms in total. The van der Waals surface area contributed by atoms with Gasteiger partial charge in [-0.3, -0.25) is 0 Å². The summed E-state index contributed by atoms with van der Waals surface area (Å²) in [5.74, 6) is 0. The van der Waals surface area contributed by atoms with Crippen LogP contribution in [-0.4, -0.2) is 0 Å². The predicted molar refractivity (Wildman–Crippen MR) is 159 cm³/mol. The van der Waals surface area contributed by atoms with E-state index in [-0.39, 0.29) is 0 Å². The predicted octanol–water partition coefficient (Wildman–Crippen LogP) is 9.22. The molecule has 0 radical (unpaired) electrons. The van der Waals surface area contributed by atoms with Gasteiger partial charge in [0.15, 0.2) is 0 Å². The van der Waals surface area contributed by atoms with Crippen LogP contribution in [0.4, 0.5) is 5.69 Å². The van der Waals surface area contributed by atoms with Gasteiger partial charge in [-0.05, 0) is 81.1 Å². The van der Waals surface area contributed by atoms with Crippen molar-refractivity contribution in [3.63, 3.8) is 0 Å². The third kappa shape index (κ3) is 4.99. The number of rotatable bonds is 7. The smallest absolute Gasteiger partial charge is 0.0407 e. The van der Waals surface area contributed by atoms with Crippen molar-refractivity contribution >= 4 is 27.6 Å². The summed E-state index contributed by atoms with van der Waals surface area (Å²) in [4.78, 5) is 0. The number of anilines is 1. The molecular formula is C36H31N. The van der Waals surface area contributed by atoms with Gasteiger partial charge < -0.3 is 5.32 Å². The van der Waals surface area contributed by atoms with E-state index in [9.17, 15) is 0 Å². The summed E-state index contributed by atoms with van der Waals surface area (Å²) in [6.45, 7) is 2.99. The highest BCUT2D eigenvalue weighted by atomic mass is 14.9. The Morgan fingerprint density at radius 1 is 0.568 bits per heavy atom. The van der Waals surface area contributed by atoms with E-state index in [2.05, 4.69) is 140 Å². The fourth-order valence-corrected chi connectivity index (χ4v) is 5.33. The Morgan fingerprint density at radius 2 is 1.22 bits per heavy atom. The standard InChI is InChI=1S/C36H31N/c1-26-15-18-33(35-13-7-6-12-34(26)35)25-37-36-14-8-5-11-32(36)23-27-16-19-29(20-17-27)31-22-21-30(24-31)28-9-3-2-4-10-28/h2-22,37H,23-25H2,1H3. The number of hydrogen-bond acceptors (Lipinski definition) is 1. The first-order valence-electron chi connectivity index (χ1n) is 13.1. The highest BCUT2D eigenvalue weighted by molar-refractivity contribution is 5.89. The number of hydrogen-bond donors (Lipinski definition) is 1. The van der Waals surface area contributed by atoms with Crippen LogP contribution in [0, 0.1) is 6.92 Å². The zero-order chi connectivity index (χ0) is 25.0. The Balaban J connectivity index is 1.14. The van der Waals surface area contributed by atoms with Gasteiger partial charge in [0.1, 0.15) is 0 Å². The maximum absolute atomic E-state index is 3.72. The molecule has 5 aromatic carbocycles. The Labute approximate surface area is 219 Å². The maximum atomic E-state index is 3.72. The summed E-state index contributed by atoms with van der Waals surface area (Å²) in [6.07, 6.45) is 6.43. The van der Waals surface area contributed by atoms with Crippen LogP contribution < -0.4 is 5.32 Å². The first-order valence-corrected chi connectivity index (χ1v) is 13.1. The van der Waals surface area contributed by atoms with Crippen molar-refractivity contribution in [1.82, 2.24) is 0 Å². The van der Waals surface area contributed by atoms with Gasteiger partial charge in [-0.15, -0.1) is 0 Å². The minimum atomic E-state index is 0.807. The molecule has 0 bridgehead atoms. The Hall–Kier alpha value is -4.36. The van der Waals surface area contributed by atoms with Gasteiger partial charge in [0.25, 0.3) is 0 Å². The van der Waals surface area contributed by atoms with Gasteiger partial charge in [0, 0.05) is 12.2 Å². The second-order valence-corrected chi connectivity index (χ2v) is 9.90. The summed E-state index contributed by atoms with van der Waals surface area (Å²) in [7, 11) is 0. The molecular weight excluding hydrogens is 446 g/mol. The molecule has 0 amide bonds. The third-order valence-electron chi connectivity index (χ3n) is 7.45. The molecule has 37 heavy (non-hydrogen) atoms. The van der Waals surface area contributed by atoms with Crippen LogP contribution >= 0.6 is 0 Å². The molecule has 5 aromatic rings. The van der Waals surface area contributed by atoms with E-state index in [1.165, 1.54) is 61.0 Å². The Bertz CT molecular complexity index is 1600. The number of allylic oxidation sites excluding steroid dienone is 4. The second-order valence-electron chi connectivity index (χ2n) is 9.90. The summed E-state index contributed by atoms with van der Waals surface area (Å²) in [5.41, 5.74) is 11.9. The molecule has 0 aromatic heterocycles. The maximum Gasteiger partial charge on any atom is 0.0407 e. The molecule has 0 heterocycles. The molecule has 1 heteroatoms. The summed E-state index contributed by atoms with van der Waals surface area (Å²) < 4.78 is 0. The summed E-state index contributed by atoms with van der Waals surface area (Å²) in [6, 6.07) is 41.6. The van der Waals surface area contributed by atoms with Crippen LogP contribution in [0.1, 0.15) is 39.8 Å². The molecule has 0 atom stereocenters. The molecule has 1 N–H and O–H groups in total. The van der Waals surface area contributed by atoms with Crippen molar-refractivity contribution in [1.29, 1.82) is 0 Å². The lowest BCUT2D eigenvalue weighted by atomic mass is 9.96. The van der Waals surface area contributed by atoms with E-state index in [0.29, 0.717) is 0 Å². The topological polar surface area (TPSA) is 12.0 Å². The van der Waals surface area contributed by atoms with Crippen molar-refractivity contribution in [2.75, 3.05) is 5.32 Å². The number of benzene rings is 5. The van der Waals surface area contributed by atoms with Gasteiger partial charge in [-0.1, -0.05) is 121 Å². The van der Waals surface area contributed by atoms with Crippen LogP contribution in [0.3, 0.4) is 0 Å². The molecule has 0 aliphatic heterocycles. The quantitative estimate of drug-likeness (QED) is 0.246. The minimum absolute atomic E-state index is 0.807. The molecule has 1 aliphatic rings. The molecule has 0 spiro atoms. The highest BCUT2D eigenvalue weighted by Gasteiger charge is 2.12. The van der Waals surface area contributed by atoms with E-state index in [1.54, 1.807) is 0 Å². The zero-order valence-corrected chi connectivity index (χ0v) is 21.2. The first kappa shape index (κ1) is 23.1. The van der Waals surface area contributed by atoms with Crippen LogP contribution in [0.25, 0.3) is 21.9 Å². The minimum Gasteiger partial charge on any atom is -0.381 e. The molecule has 6 rings (SSSR count). The van der Waals surface area contributed by atoms with Crippen molar-refractivity contribution < 1.29 is 0 Å². The number of para-hydroxylation sites is 1. The number of fused-ring (bicyclic) bond motifs is 1. The molecule has 1 aliphatic carbocycles. The highest BCUT2D eigenvalue weighted by Crippen LogP contribution is 2.34. The monoisotopic (exact) mass is 477 g/mol. The Morgan fingerprint density at radius 3 is 2.00 bits per heavy atom. The van der Waals surface area contributed by atoms with Gasteiger partial charge >= 0.3 is 0 Å². The van der Waals surface area contributed by atoms with E-state index >= 15 is 0 Å². The molecule has 0 unspecified atom stereocenters. The van der Waals surface area contributed by atoms with Crippen LogP contribution in [-0.2, 0) is 13.0 Å². The lowest BCUT2D eigenvalue weighted by Gasteiger charge is -2.15. The van der Waals surface area contributed by atoms with Gasteiger partial charge in [-0.2, -0.15) is 0 Å². The van der Waals surface area contributed by atoms with Crippen molar-refractivity contribution in [2.24, 2.45) is 0 Å². The largest absolute Gasteiger partial charge is 0.381 e. The Kier molecular flexibility index (Phi) is 6.44.